The number of hydrogen-bond acceptors (Lipinski definition) is 3. The first-order valence-electron chi connectivity index (χ1n) is 6.31. The van der Waals surface area contributed by atoms with E-state index in [0.29, 0.717) is 12.5 Å². The minimum Gasteiger partial charge on any atom is -0.381 e. The SMILES string of the molecule is CN(CC1CCNCC1)C(=O)C1CCOC1.Cl. The highest BCUT2D eigenvalue weighted by Crippen LogP contribution is 2.18. The van der Waals surface area contributed by atoms with Crippen molar-refractivity contribution in [2.45, 2.75) is 19.3 Å². The molecule has 4 nitrogen and oxygen atoms in total. The molecule has 2 heterocycles. The maximum absolute atomic E-state index is 12.0. The van der Waals surface area contributed by atoms with Gasteiger partial charge in [0, 0.05) is 20.2 Å². The fraction of sp³-hybridized carbons (Fsp3) is 0.917. The highest BCUT2D eigenvalue weighted by atomic mass is 35.5. The number of nitrogens with one attached hydrogen (secondary N) is 1. The van der Waals surface area contributed by atoms with Crippen LogP contribution in [-0.2, 0) is 9.53 Å². The van der Waals surface area contributed by atoms with E-state index < -0.39 is 0 Å². The number of rotatable bonds is 3. The molecule has 1 atom stereocenters. The first-order valence-corrected chi connectivity index (χ1v) is 6.31. The van der Waals surface area contributed by atoms with Crippen molar-refractivity contribution in [1.82, 2.24) is 10.2 Å². The molecule has 2 rings (SSSR count). The fourth-order valence-corrected chi connectivity index (χ4v) is 2.58. The predicted molar refractivity (Wildman–Crippen MR) is 69.4 cm³/mol. The van der Waals surface area contributed by atoms with Crippen molar-refractivity contribution in [3.05, 3.63) is 0 Å². The molecule has 2 aliphatic heterocycles. The summed E-state index contributed by atoms with van der Waals surface area (Å²) in [6.07, 6.45) is 3.28. The average Bonchev–Trinajstić information content (AvgIpc) is 2.83. The molecule has 0 saturated carbocycles. The summed E-state index contributed by atoms with van der Waals surface area (Å²) in [5.74, 6) is 1.07. The molecule has 1 unspecified atom stereocenters. The predicted octanol–water partition coefficient (Wildman–Crippen LogP) is 0.903. The zero-order valence-electron chi connectivity index (χ0n) is 10.5. The topological polar surface area (TPSA) is 41.6 Å². The summed E-state index contributed by atoms with van der Waals surface area (Å²) in [4.78, 5) is 14.0. The molecule has 1 amide bonds. The molecule has 2 fully saturated rings. The minimum absolute atomic E-state index is 0. The lowest BCUT2D eigenvalue weighted by atomic mass is 9.97. The Kier molecular flexibility index (Phi) is 6.23. The van der Waals surface area contributed by atoms with Gasteiger partial charge < -0.3 is 15.0 Å². The Morgan fingerprint density at radius 3 is 2.65 bits per heavy atom. The van der Waals surface area contributed by atoms with Crippen LogP contribution >= 0.6 is 12.4 Å². The van der Waals surface area contributed by atoms with Gasteiger partial charge in [0.2, 0.25) is 5.91 Å². The molecule has 0 aromatic rings. The summed E-state index contributed by atoms with van der Waals surface area (Å²) in [6.45, 7) is 4.47. The summed E-state index contributed by atoms with van der Waals surface area (Å²) in [6, 6.07) is 0. The van der Waals surface area contributed by atoms with Gasteiger partial charge in [0.25, 0.3) is 0 Å². The Morgan fingerprint density at radius 1 is 1.35 bits per heavy atom. The van der Waals surface area contributed by atoms with Crippen LogP contribution in [0.1, 0.15) is 19.3 Å². The van der Waals surface area contributed by atoms with E-state index in [1.54, 1.807) is 0 Å². The first kappa shape index (κ1) is 14.7. The summed E-state index contributed by atoms with van der Waals surface area (Å²) in [7, 11) is 1.93. The van der Waals surface area contributed by atoms with Gasteiger partial charge in [0.15, 0.2) is 0 Å². The summed E-state index contributed by atoms with van der Waals surface area (Å²) in [5.41, 5.74) is 0. The van der Waals surface area contributed by atoms with Crippen molar-refractivity contribution in [2.24, 2.45) is 11.8 Å². The van der Waals surface area contributed by atoms with Gasteiger partial charge in [-0.2, -0.15) is 0 Å². The van der Waals surface area contributed by atoms with Crippen LogP contribution < -0.4 is 5.32 Å². The number of amides is 1. The van der Waals surface area contributed by atoms with E-state index >= 15 is 0 Å². The lowest BCUT2D eigenvalue weighted by Gasteiger charge is -2.28. The number of carbonyl (C=O) groups excluding carboxylic acids is 1. The van der Waals surface area contributed by atoms with E-state index in [1.807, 2.05) is 11.9 Å². The Morgan fingerprint density at radius 2 is 2.06 bits per heavy atom. The number of carbonyl (C=O) groups is 1. The molecule has 5 heteroatoms. The average molecular weight is 263 g/mol. The highest BCUT2D eigenvalue weighted by molar-refractivity contribution is 5.85. The standard InChI is InChI=1S/C12H22N2O2.ClH/c1-14(8-10-2-5-13-6-3-10)12(15)11-4-7-16-9-11;/h10-11,13H,2-9H2,1H3;1H. The van der Waals surface area contributed by atoms with E-state index in [0.717, 1.165) is 32.7 Å². The van der Waals surface area contributed by atoms with Crippen LogP contribution in [0.2, 0.25) is 0 Å². The van der Waals surface area contributed by atoms with Crippen LogP contribution in [0.15, 0.2) is 0 Å². The van der Waals surface area contributed by atoms with Crippen LogP contribution in [0.4, 0.5) is 0 Å². The van der Waals surface area contributed by atoms with Crippen LogP contribution in [0.25, 0.3) is 0 Å². The lowest BCUT2D eigenvalue weighted by molar-refractivity contribution is -0.134. The molecule has 1 N–H and O–H groups in total. The molecule has 0 bridgehead atoms. The lowest BCUT2D eigenvalue weighted by Crippen LogP contribution is -2.39. The zero-order valence-corrected chi connectivity index (χ0v) is 11.3. The molecule has 0 spiro atoms. The van der Waals surface area contributed by atoms with Gasteiger partial charge in [-0.3, -0.25) is 4.79 Å². The molecule has 17 heavy (non-hydrogen) atoms. The molecular weight excluding hydrogens is 240 g/mol. The van der Waals surface area contributed by atoms with E-state index in [-0.39, 0.29) is 24.2 Å². The van der Waals surface area contributed by atoms with Crippen molar-refractivity contribution in [2.75, 3.05) is 39.9 Å². The summed E-state index contributed by atoms with van der Waals surface area (Å²) < 4.78 is 5.26. The number of nitrogens with zero attached hydrogens (tertiary/aromatic N) is 1. The second-order valence-corrected chi connectivity index (χ2v) is 4.97. The Bertz CT molecular complexity index is 239. The van der Waals surface area contributed by atoms with Gasteiger partial charge in [-0.15, -0.1) is 12.4 Å². The smallest absolute Gasteiger partial charge is 0.227 e. The second kappa shape index (κ2) is 7.19. The van der Waals surface area contributed by atoms with E-state index in [1.165, 1.54) is 12.8 Å². The van der Waals surface area contributed by atoms with Gasteiger partial charge in [-0.25, -0.2) is 0 Å². The molecule has 100 valence electrons. The number of ether oxygens (including phenoxy) is 1. The number of piperidine rings is 1. The Labute approximate surface area is 109 Å². The fourth-order valence-electron chi connectivity index (χ4n) is 2.58. The van der Waals surface area contributed by atoms with Gasteiger partial charge in [-0.05, 0) is 38.3 Å². The maximum Gasteiger partial charge on any atom is 0.227 e. The second-order valence-electron chi connectivity index (χ2n) is 4.97. The minimum atomic E-state index is 0. The van der Waals surface area contributed by atoms with E-state index in [9.17, 15) is 4.79 Å². The number of halogens is 1. The molecule has 2 saturated heterocycles. The maximum atomic E-state index is 12.0. The molecule has 2 aliphatic rings. The van der Waals surface area contributed by atoms with Gasteiger partial charge >= 0.3 is 0 Å². The third-order valence-electron chi connectivity index (χ3n) is 3.65. The normalized spacial score (nSPS) is 25.4. The van der Waals surface area contributed by atoms with E-state index in [2.05, 4.69) is 5.32 Å². The molecular formula is C12H23ClN2O2. The zero-order chi connectivity index (χ0) is 11.4. The van der Waals surface area contributed by atoms with Crippen molar-refractivity contribution >= 4 is 18.3 Å². The van der Waals surface area contributed by atoms with Gasteiger partial charge in [0.1, 0.15) is 0 Å². The molecule has 0 aromatic carbocycles. The molecule has 0 aliphatic carbocycles. The van der Waals surface area contributed by atoms with Crippen LogP contribution in [0.5, 0.6) is 0 Å². The number of hydrogen-bond donors (Lipinski definition) is 1. The quantitative estimate of drug-likeness (QED) is 0.822. The summed E-state index contributed by atoms with van der Waals surface area (Å²) in [5, 5.41) is 3.35. The third-order valence-corrected chi connectivity index (χ3v) is 3.65. The van der Waals surface area contributed by atoms with Crippen LogP contribution in [-0.4, -0.2) is 50.7 Å². The van der Waals surface area contributed by atoms with Gasteiger partial charge in [0.05, 0.1) is 12.5 Å². The summed E-state index contributed by atoms with van der Waals surface area (Å²) >= 11 is 0. The largest absolute Gasteiger partial charge is 0.381 e. The van der Waals surface area contributed by atoms with Crippen molar-refractivity contribution in [3.8, 4) is 0 Å². The molecule has 0 radical (unpaired) electrons. The Hall–Kier alpha value is -0.320. The first-order chi connectivity index (χ1) is 7.77. The Balaban J connectivity index is 0.00000144. The van der Waals surface area contributed by atoms with Crippen molar-refractivity contribution in [3.63, 3.8) is 0 Å². The van der Waals surface area contributed by atoms with Crippen LogP contribution in [0, 0.1) is 11.8 Å². The van der Waals surface area contributed by atoms with Crippen LogP contribution in [0.3, 0.4) is 0 Å². The van der Waals surface area contributed by atoms with Crippen molar-refractivity contribution < 1.29 is 9.53 Å². The molecule has 0 aromatic heterocycles. The highest BCUT2D eigenvalue weighted by Gasteiger charge is 2.27. The van der Waals surface area contributed by atoms with Gasteiger partial charge in [-0.1, -0.05) is 0 Å². The monoisotopic (exact) mass is 262 g/mol. The third kappa shape index (κ3) is 4.12. The van der Waals surface area contributed by atoms with Crippen molar-refractivity contribution in [1.29, 1.82) is 0 Å². The van der Waals surface area contributed by atoms with E-state index in [4.69, 9.17) is 4.74 Å².